The molecule has 0 spiro atoms. The highest BCUT2D eigenvalue weighted by Crippen LogP contribution is 2.29. The molecule has 1 aliphatic heterocycles. The topological polar surface area (TPSA) is 62.6 Å². The molecule has 1 aliphatic rings. The number of hydrogen-bond acceptors (Lipinski definition) is 3. The van der Waals surface area contributed by atoms with Crippen molar-refractivity contribution in [2.24, 2.45) is 0 Å². The average Bonchev–Trinajstić information content (AvgIpc) is 3.30. The maximum atomic E-state index is 14.1. The molecule has 1 aromatic heterocycles. The molecular weight excluding hydrogens is 390 g/mol. The van der Waals surface area contributed by atoms with E-state index < -0.39 is 23.6 Å². The van der Waals surface area contributed by atoms with Gasteiger partial charge in [0, 0.05) is 19.0 Å². The molecule has 3 aromatic rings. The van der Waals surface area contributed by atoms with Crippen molar-refractivity contribution in [3.8, 4) is 0 Å². The Bertz CT molecular complexity index is 1040. The van der Waals surface area contributed by atoms with Gasteiger partial charge in [-0.25, -0.2) is 8.78 Å². The second-order valence-corrected chi connectivity index (χ2v) is 7.25. The number of rotatable bonds is 4. The van der Waals surface area contributed by atoms with Crippen LogP contribution >= 0.6 is 0 Å². The number of carbonyl (C=O) groups excluding carboxylic acids is 2. The van der Waals surface area contributed by atoms with Gasteiger partial charge in [-0.15, -0.1) is 0 Å². The zero-order valence-electron chi connectivity index (χ0n) is 16.1. The van der Waals surface area contributed by atoms with Crippen LogP contribution in [0.1, 0.15) is 38.6 Å². The minimum atomic E-state index is -1.19. The smallest absolute Gasteiger partial charge is 0.257 e. The van der Waals surface area contributed by atoms with Crippen molar-refractivity contribution >= 4 is 11.8 Å². The third-order valence-corrected chi connectivity index (χ3v) is 5.41. The van der Waals surface area contributed by atoms with E-state index in [0.29, 0.717) is 18.5 Å². The maximum absolute atomic E-state index is 14.1. The van der Waals surface area contributed by atoms with Crippen molar-refractivity contribution in [2.45, 2.75) is 18.4 Å². The van der Waals surface area contributed by atoms with Crippen molar-refractivity contribution in [1.29, 1.82) is 0 Å². The van der Waals surface area contributed by atoms with E-state index in [9.17, 15) is 18.4 Å². The first-order valence-electron chi connectivity index (χ1n) is 9.66. The first-order chi connectivity index (χ1) is 14.5. The molecule has 2 amide bonds. The highest BCUT2D eigenvalue weighted by atomic mass is 19.2. The highest BCUT2D eigenvalue weighted by Gasteiger charge is 2.34. The number of piperidine rings is 1. The predicted octanol–water partition coefficient (Wildman–Crippen LogP) is 3.99. The lowest BCUT2D eigenvalue weighted by atomic mass is 9.85. The Hall–Kier alpha value is -3.48. The third kappa shape index (κ3) is 3.96. The van der Waals surface area contributed by atoms with Crippen molar-refractivity contribution in [3.05, 3.63) is 95.4 Å². The summed E-state index contributed by atoms with van der Waals surface area (Å²) in [7, 11) is 0. The fourth-order valence-electron chi connectivity index (χ4n) is 3.88. The Morgan fingerprint density at radius 2 is 1.83 bits per heavy atom. The number of nitrogens with one attached hydrogen (secondary N) is 1. The number of carbonyl (C=O) groups is 2. The fourth-order valence-corrected chi connectivity index (χ4v) is 3.88. The molecule has 0 aliphatic carbocycles. The standard InChI is InChI=1S/C23H20F2N2O3/c24-19-8-4-7-18(21(19)25)22(28)26-20-13-27(23(29)16-10-12-30-14-16)11-9-17(20)15-5-2-1-3-6-15/h1-8,10,12,14,17,20H,9,11,13H2,(H,26,28)/t17-,20-/m0/s1. The van der Waals surface area contributed by atoms with Crippen LogP contribution in [0.3, 0.4) is 0 Å². The molecule has 2 aromatic carbocycles. The van der Waals surface area contributed by atoms with Crippen LogP contribution < -0.4 is 5.32 Å². The number of hydrogen-bond donors (Lipinski definition) is 1. The van der Waals surface area contributed by atoms with E-state index in [-0.39, 0.29) is 23.9 Å². The van der Waals surface area contributed by atoms with E-state index in [0.717, 1.165) is 11.6 Å². The average molecular weight is 410 g/mol. The molecule has 2 heterocycles. The van der Waals surface area contributed by atoms with Gasteiger partial charge in [0.1, 0.15) is 6.26 Å². The largest absolute Gasteiger partial charge is 0.472 e. The van der Waals surface area contributed by atoms with Gasteiger partial charge in [-0.1, -0.05) is 36.4 Å². The summed E-state index contributed by atoms with van der Waals surface area (Å²) in [5, 5.41) is 2.82. The molecular formula is C23H20F2N2O3. The Morgan fingerprint density at radius 3 is 2.57 bits per heavy atom. The predicted molar refractivity (Wildman–Crippen MR) is 106 cm³/mol. The van der Waals surface area contributed by atoms with Crippen LogP contribution in [0.2, 0.25) is 0 Å². The second kappa shape index (κ2) is 8.49. The van der Waals surface area contributed by atoms with E-state index in [1.54, 1.807) is 11.0 Å². The van der Waals surface area contributed by atoms with Gasteiger partial charge in [-0.2, -0.15) is 0 Å². The van der Waals surface area contributed by atoms with Crippen LogP contribution in [0.25, 0.3) is 0 Å². The molecule has 0 radical (unpaired) electrons. The molecule has 2 atom stereocenters. The molecule has 1 fully saturated rings. The Morgan fingerprint density at radius 1 is 1.03 bits per heavy atom. The lowest BCUT2D eigenvalue weighted by Gasteiger charge is -2.39. The second-order valence-electron chi connectivity index (χ2n) is 7.25. The first-order valence-corrected chi connectivity index (χ1v) is 9.66. The maximum Gasteiger partial charge on any atom is 0.257 e. The van der Waals surface area contributed by atoms with Crippen molar-refractivity contribution in [2.75, 3.05) is 13.1 Å². The van der Waals surface area contributed by atoms with Gasteiger partial charge in [0.15, 0.2) is 11.6 Å². The van der Waals surface area contributed by atoms with Crippen LogP contribution in [-0.4, -0.2) is 35.8 Å². The molecule has 0 saturated carbocycles. The minimum absolute atomic E-state index is 0.0693. The number of likely N-dealkylation sites (tertiary alicyclic amines) is 1. The highest BCUT2D eigenvalue weighted by molar-refractivity contribution is 5.95. The molecule has 4 rings (SSSR count). The summed E-state index contributed by atoms with van der Waals surface area (Å²) in [5.41, 5.74) is 1.08. The van der Waals surface area contributed by atoms with Gasteiger partial charge in [-0.3, -0.25) is 9.59 Å². The number of amides is 2. The molecule has 1 saturated heterocycles. The third-order valence-electron chi connectivity index (χ3n) is 5.41. The van der Waals surface area contributed by atoms with Crippen LogP contribution in [0.4, 0.5) is 8.78 Å². The summed E-state index contributed by atoms with van der Waals surface area (Å²) >= 11 is 0. The quantitative estimate of drug-likeness (QED) is 0.708. The van der Waals surface area contributed by atoms with Crippen LogP contribution in [0, 0.1) is 11.6 Å². The van der Waals surface area contributed by atoms with Crippen LogP contribution in [0.5, 0.6) is 0 Å². The van der Waals surface area contributed by atoms with Crippen LogP contribution in [-0.2, 0) is 0 Å². The Balaban J connectivity index is 1.59. The normalized spacial score (nSPS) is 18.8. The summed E-state index contributed by atoms with van der Waals surface area (Å²) < 4.78 is 32.7. The summed E-state index contributed by atoms with van der Waals surface area (Å²) in [6.45, 7) is 0.747. The zero-order valence-corrected chi connectivity index (χ0v) is 16.1. The number of furan rings is 1. The Labute approximate surface area is 172 Å². The van der Waals surface area contributed by atoms with Crippen molar-refractivity contribution in [1.82, 2.24) is 10.2 Å². The molecule has 0 unspecified atom stereocenters. The van der Waals surface area contributed by atoms with Gasteiger partial charge < -0.3 is 14.6 Å². The van der Waals surface area contributed by atoms with E-state index >= 15 is 0 Å². The molecule has 154 valence electrons. The minimum Gasteiger partial charge on any atom is -0.472 e. The molecule has 30 heavy (non-hydrogen) atoms. The lowest BCUT2D eigenvalue weighted by molar-refractivity contribution is 0.0653. The van der Waals surface area contributed by atoms with Gasteiger partial charge in [0.05, 0.1) is 23.4 Å². The molecule has 0 bridgehead atoms. The fraction of sp³-hybridized carbons (Fsp3) is 0.217. The number of halogens is 2. The van der Waals surface area contributed by atoms with E-state index in [1.165, 1.54) is 24.7 Å². The van der Waals surface area contributed by atoms with E-state index in [2.05, 4.69) is 5.32 Å². The molecule has 1 N–H and O–H groups in total. The summed E-state index contributed by atoms with van der Waals surface area (Å²) in [4.78, 5) is 27.1. The van der Waals surface area contributed by atoms with Gasteiger partial charge >= 0.3 is 0 Å². The van der Waals surface area contributed by atoms with Crippen LogP contribution in [0.15, 0.2) is 71.5 Å². The molecule has 7 heteroatoms. The van der Waals surface area contributed by atoms with Gasteiger partial charge in [0.25, 0.3) is 11.8 Å². The zero-order chi connectivity index (χ0) is 21.1. The summed E-state index contributed by atoms with van der Waals surface area (Å²) in [6.07, 6.45) is 3.42. The Kier molecular flexibility index (Phi) is 5.61. The van der Waals surface area contributed by atoms with Gasteiger partial charge in [-0.05, 0) is 30.2 Å². The summed E-state index contributed by atoms with van der Waals surface area (Å²) in [5.74, 6) is -3.25. The molecule has 5 nitrogen and oxygen atoms in total. The van der Waals surface area contributed by atoms with E-state index in [1.807, 2.05) is 30.3 Å². The van der Waals surface area contributed by atoms with Gasteiger partial charge in [0.2, 0.25) is 0 Å². The number of nitrogens with zero attached hydrogens (tertiary/aromatic N) is 1. The monoisotopic (exact) mass is 410 g/mol. The van der Waals surface area contributed by atoms with Crippen molar-refractivity contribution in [3.63, 3.8) is 0 Å². The lowest BCUT2D eigenvalue weighted by Crippen LogP contribution is -2.53. The number of benzene rings is 2. The van der Waals surface area contributed by atoms with Crippen molar-refractivity contribution < 1.29 is 22.8 Å². The first kappa shape index (κ1) is 19.8. The van der Waals surface area contributed by atoms with E-state index in [4.69, 9.17) is 4.42 Å². The SMILES string of the molecule is O=C(N[C@H]1CN(C(=O)c2ccoc2)CC[C@H]1c1ccccc1)c1cccc(F)c1F. The summed E-state index contributed by atoms with van der Waals surface area (Å²) in [6, 6.07) is 14.2.